The maximum Gasteiger partial charge on any atom is 0.229 e. The van der Waals surface area contributed by atoms with E-state index < -0.39 is 6.17 Å². The Morgan fingerprint density at radius 3 is 2.84 bits per heavy atom. The van der Waals surface area contributed by atoms with E-state index in [0.29, 0.717) is 21.9 Å². The number of alkyl halides is 1. The fourth-order valence-corrected chi connectivity index (χ4v) is 1.91. The molecule has 96 valence electrons. The van der Waals surface area contributed by atoms with Crippen molar-refractivity contribution >= 4 is 22.7 Å². The molecule has 0 fully saturated rings. The highest BCUT2D eigenvalue weighted by Crippen LogP contribution is 2.26. The minimum atomic E-state index is -1.23. The molecular weight excluding hydrogens is 269 g/mol. The van der Waals surface area contributed by atoms with Crippen LogP contribution >= 0.6 is 11.6 Å². The summed E-state index contributed by atoms with van der Waals surface area (Å²) in [7, 11) is 0. The number of hydrogen-bond donors (Lipinski definition) is 0. The Bertz CT molecular complexity index is 742. The van der Waals surface area contributed by atoms with E-state index in [2.05, 4.69) is 15.0 Å². The Morgan fingerprint density at radius 2 is 2.11 bits per heavy atom. The molecule has 0 N–H and O–H groups in total. The summed E-state index contributed by atoms with van der Waals surface area (Å²) in [5, 5.41) is 0.364. The van der Waals surface area contributed by atoms with Crippen molar-refractivity contribution in [3.05, 3.63) is 41.6 Å². The first kappa shape index (κ1) is 12.0. The van der Waals surface area contributed by atoms with Gasteiger partial charge in [-0.25, -0.2) is 19.3 Å². The van der Waals surface area contributed by atoms with Crippen LogP contribution in [0.5, 0.6) is 0 Å². The highest BCUT2D eigenvalue weighted by atomic mass is 35.5. The number of hydrogen-bond acceptors (Lipinski definition) is 4. The topological polar surface area (TPSA) is 51.8 Å². The molecule has 0 aliphatic carbocycles. The van der Waals surface area contributed by atoms with Gasteiger partial charge in [-0.2, -0.15) is 0 Å². The van der Waals surface area contributed by atoms with Gasteiger partial charge in [-0.05, 0) is 25.1 Å². The van der Waals surface area contributed by atoms with Crippen molar-refractivity contribution in [1.29, 1.82) is 0 Å². The Kier molecular flexibility index (Phi) is 2.91. The molecule has 0 saturated heterocycles. The van der Waals surface area contributed by atoms with Crippen molar-refractivity contribution in [2.24, 2.45) is 0 Å². The second kappa shape index (κ2) is 4.59. The van der Waals surface area contributed by atoms with Crippen LogP contribution in [0.1, 0.15) is 19.0 Å². The van der Waals surface area contributed by atoms with Crippen molar-refractivity contribution < 1.29 is 8.81 Å². The summed E-state index contributed by atoms with van der Waals surface area (Å²) in [6.07, 6.45) is 0.157. The maximum atomic E-state index is 13.2. The van der Waals surface area contributed by atoms with Crippen LogP contribution in [-0.2, 0) is 0 Å². The summed E-state index contributed by atoms with van der Waals surface area (Å²) in [6, 6.07) is 6.99. The van der Waals surface area contributed by atoms with Crippen molar-refractivity contribution in [2.75, 3.05) is 0 Å². The van der Waals surface area contributed by atoms with Crippen molar-refractivity contribution in [3.63, 3.8) is 0 Å². The molecule has 4 nitrogen and oxygen atoms in total. The number of fused-ring (bicyclic) bond motifs is 1. The quantitative estimate of drug-likeness (QED) is 0.665. The summed E-state index contributed by atoms with van der Waals surface area (Å²) in [5.41, 5.74) is 2.64. The van der Waals surface area contributed by atoms with Gasteiger partial charge in [0.05, 0.1) is 5.69 Å². The molecule has 1 atom stereocenters. The fraction of sp³-hybridized carbons (Fsp3) is 0.154. The van der Waals surface area contributed by atoms with E-state index in [-0.39, 0.29) is 5.89 Å². The summed E-state index contributed by atoms with van der Waals surface area (Å²) >= 11 is 5.82. The van der Waals surface area contributed by atoms with Crippen LogP contribution < -0.4 is 0 Å². The zero-order valence-corrected chi connectivity index (χ0v) is 10.7. The van der Waals surface area contributed by atoms with E-state index in [1.54, 1.807) is 18.2 Å². The first-order valence-electron chi connectivity index (χ1n) is 5.66. The van der Waals surface area contributed by atoms with Gasteiger partial charge in [0.15, 0.2) is 11.8 Å². The first-order valence-corrected chi connectivity index (χ1v) is 6.04. The van der Waals surface area contributed by atoms with Crippen LogP contribution in [0, 0.1) is 0 Å². The Morgan fingerprint density at radius 1 is 1.26 bits per heavy atom. The molecule has 3 aromatic rings. The number of aromatic nitrogens is 3. The molecule has 19 heavy (non-hydrogen) atoms. The number of nitrogens with zero attached hydrogens (tertiary/aromatic N) is 3. The van der Waals surface area contributed by atoms with Gasteiger partial charge in [0.25, 0.3) is 0 Å². The highest BCUT2D eigenvalue weighted by Gasteiger charge is 2.13. The first-order chi connectivity index (χ1) is 9.13. The third-order valence-corrected chi connectivity index (χ3v) is 2.88. The van der Waals surface area contributed by atoms with E-state index in [1.807, 2.05) is 6.07 Å². The minimum Gasteiger partial charge on any atom is -0.437 e. The number of benzene rings is 1. The Hall–Kier alpha value is -2.01. The third-order valence-electron chi connectivity index (χ3n) is 2.67. The number of halogens is 2. The lowest BCUT2D eigenvalue weighted by Gasteiger charge is -1.99. The molecular formula is C13H9ClFN3O. The largest absolute Gasteiger partial charge is 0.437 e. The molecule has 1 aromatic carbocycles. The van der Waals surface area contributed by atoms with Crippen molar-refractivity contribution in [3.8, 4) is 11.3 Å². The van der Waals surface area contributed by atoms with E-state index in [9.17, 15) is 4.39 Å². The van der Waals surface area contributed by atoms with Crippen molar-refractivity contribution in [2.45, 2.75) is 13.1 Å². The van der Waals surface area contributed by atoms with Crippen LogP contribution in [0.2, 0.25) is 5.15 Å². The zero-order chi connectivity index (χ0) is 13.4. The van der Waals surface area contributed by atoms with Crippen molar-refractivity contribution in [1.82, 2.24) is 15.0 Å². The van der Waals surface area contributed by atoms with Crippen LogP contribution in [-0.4, -0.2) is 15.0 Å². The van der Waals surface area contributed by atoms with E-state index in [0.717, 1.165) is 5.56 Å². The summed E-state index contributed by atoms with van der Waals surface area (Å²) in [5.74, 6) is 0.0767. The monoisotopic (exact) mass is 277 g/mol. The fourth-order valence-electron chi connectivity index (χ4n) is 1.77. The van der Waals surface area contributed by atoms with Gasteiger partial charge in [0, 0.05) is 11.6 Å². The van der Waals surface area contributed by atoms with Gasteiger partial charge < -0.3 is 4.42 Å². The zero-order valence-electron chi connectivity index (χ0n) is 9.97. The summed E-state index contributed by atoms with van der Waals surface area (Å²) < 4.78 is 18.5. The molecule has 0 amide bonds. The van der Waals surface area contributed by atoms with Crippen LogP contribution in [0.4, 0.5) is 4.39 Å². The molecule has 0 spiro atoms. The molecule has 0 aliphatic rings. The average molecular weight is 278 g/mol. The van der Waals surface area contributed by atoms with E-state index in [4.69, 9.17) is 16.0 Å². The lowest BCUT2D eigenvalue weighted by molar-refractivity contribution is 0.306. The summed E-state index contributed by atoms with van der Waals surface area (Å²) in [4.78, 5) is 12.1. The predicted molar refractivity (Wildman–Crippen MR) is 69.6 cm³/mol. The van der Waals surface area contributed by atoms with Gasteiger partial charge in [0.2, 0.25) is 5.89 Å². The highest BCUT2D eigenvalue weighted by molar-refractivity contribution is 6.29. The third kappa shape index (κ3) is 2.29. The lowest BCUT2D eigenvalue weighted by Crippen LogP contribution is -1.85. The lowest BCUT2D eigenvalue weighted by atomic mass is 10.1. The normalized spacial score (nSPS) is 12.8. The smallest absolute Gasteiger partial charge is 0.229 e. The molecule has 2 heterocycles. The molecule has 3 rings (SSSR count). The Labute approximate surface area is 113 Å². The van der Waals surface area contributed by atoms with Crippen LogP contribution in [0.3, 0.4) is 0 Å². The molecule has 2 aromatic heterocycles. The van der Waals surface area contributed by atoms with Crippen LogP contribution in [0.15, 0.2) is 35.0 Å². The molecule has 1 unspecified atom stereocenters. The predicted octanol–water partition coefficient (Wildman–Crippen LogP) is 3.97. The van der Waals surface area contributed by atoms with E-state index >= 15 is 0 Å². The molecule has 6 heteroatoms. The van der Waals surface area contributed by atoms with Gasteiger partial charge in [0.1, 0.15) is 17.0 Å². The molecule has 0 saturated carbocycles. The maximum absolute atomic E-state index is 13.2. The molecule has 0 bridgehead atoms. The Balaban J connectivity index is 2.11. The minimum absolute atomic E-state index is 0.0767. The average Bonchev–Trinajstić information content (AvgIpc) is 2.81. The van der Waals surface area contributed by atoms with Gasteiger partial charge >= 0.3 is 0 Å². The summed E-state index contributed by atoms with van der Waals surface area (Å²) in [6.45, 7) is 1.38. The SMILES string of the molecule is CC(F)c1nc2cc(-c3cc(Cl)ncn3)ccc2o1. The molecule has 0 aliphatic heterocycles. The number of rotatable bonds is 2. The number of oxazole rings is 1. The van der Waals surface area contributed by atoms with Crippen LogP contribution in [0.25, 0.3) is 22.4 Å². The standard InChI is InChI=1S/C13H9ClFN3O/c1-7(15)13-18-10-4-8(2-3-11(10)19-13)9-5-12(14)17-6-16-9/h2-7H,1H3. The van der Waals surface area contributed by atoms with Gasteiger partial charge in [-0.1, -0.05) is 11.6 Å². The van der Waals surface area contributed by atoms with Gasteiger partial charge in [-0.3, -0.25) is 0 Å². The van der Waals surface area contributed by atoms with Gasteiger partial charge in [-0.15, -0.1) is 0 Å². The second-order valence-corrected chi connectivity index (χ2v) is 4.46. The second-order valence-electron chi connectivity index (χ2n) is 4.08. The van der Waals surface area contributed by atoms with E-state index in [1.165, 1.54) is 13.3 Å². The molecule has 0 radical (unpaired) electrons.